The number of hydrogen-bond acceptors (Lipinski definition) is 4. The van der Waals surface area contributed by atoms with Crippen LogP contribution in [0.3, 0.4) is 0 Å². The quantitative estimate of drug-likeness (QED) is 0.221. The van der Waals surface area contributed by atoms with E-state index in [4.69, 9.17) is 12.2 Å². The number of hydrogen-bond donors (Lipinski definition) is 1. The molecule has 5 heteroatoms. The maximum atomic E-state index is 5.72. The van der Waals surface area contributed by atoms with Gasteiger partial charge in [-0.3, -0.25) is 4.90 Å². The zero-order valence-electron chi connectivity index (χ0n) is 19.8. The fourth-order valence-electron chi connectivity index (χ4n) is 5.86. The van der Waals surface area contributed by atoms with Gasteiger partial charge in [0.2, 0.25) is 0 Å². The molecule has 2 atom stereocenters. The molecule has 2 nitrogen and oxygen atoms in total. The number of fused-ring (bicyclic) bond motifs is 2. The first-order valence-electron chi connectivity index (χ1n) is 12.8. The minimum absolute atomic E-state index is 0.540. The predicted octanol–water partition coefficient (Wildman–Crippen LogP) is 7.35. The highest BCUT2D eigenvalue weighted by molar-refractivity contribution is 8.77. The van der Waals surface area contributed by atoms with E-state index in [9.17, 15) is 0 Å². The van der Waals surface area contributed by atoms with Crippen LogP contribution in [-0.2, 0) is 19.4 Å². The predicted molar refractivity (Wildman–Crippen MR) is 150 cm³/mol. The molecule has 0 aromatic heterocycles. The third-order valence-electron chi connectivity index (χ3n) is 7.45. The van der Waals surface area contributed by atoms with Crippen molar-refractivity contribution >= 4 is 38.8 Å². The Bertz CT molecular complexity index is 983. The smallest absolute Gasteiger partial charge is 0.0756 e. The molecule has 2 heterocycles. The lowest BCUT2D eigenvalue weighted by molar-refractivity contribution is 0.183. The van der Waals surface area contributed by atoms with Crippen molar-refractivity contribution in [3.63, 3.8) is 0 Å². The summed E-state index contributed by atoms with van der Waals surface area (Å²) in [5.74, 6) is 1.33. The van der Waals surface area contributed by atoms with Gasteiger partial charge in [0.05, 0.1) is 4.99 Å². The van der Waals surface area contributed by atoms with Crippen LogP contribution in [0, 0.1) is 0 Å². The molecule has 0 spiro atoms. The molecule has 2 aromatic rings. The van der Waals surface area contributed by atoms with Crippen LogP contribution < -0.4 is 5.32 Å². The van der Waals surface area contributed by atoms with Crippen LogP contribution in [-0.4, -0.2) is 34.0 Å². The van der Waals surface area contributed by atoms with Crippen molar-refractivity contribution in [2.24, 2.45) is 0 Å². The normalized spacial score (nSPS) is 21.5. The molecule has 176 valence electrons. The third-order valence-corrected chi connectivity index (χ3v) is 10.8. The summed E-state index contributed by atoms with van der Waals surface area (Å²) in [5, 5.41) is 4.48. The fourth-order valence-corrected chi connectivity index (χ4v) is 9.10. The van der Waals surface area contributed by atoms with Crippen molar-refractivity contribution in [2.45, 2.75) is 76.1 Å². The van der Waals surface area contributed by atoms with Crippen LogP contribution >= 0.6 is 33.8 Å². The molecule has 3 aliphatic rings. The zero-order chi connectivity index (χ0) is 22.6. The maximum Gasteiger partial charge on any atom is 0.0756 e. The molecular formula is C28H36N2S3. The second-order valence-electron chi connectivity index (χ2n) is 9.69. The molecule has 0 radical (unpaired) electrons. The molecule has 0 bridgehead atoms. The number of rotatable bonds is 9. The second kappa shape index (κ2) is 11.2. The summed E-state index contributed by atoms with van der Waals surface area (Å²) >= 11 is 5.72. The van der Waals surface area contributed by atoms with Crippen LogP contribution in [0.1, 0.15) is 73.7 Å². The Hall–Kier alpha value is -1.01. The first kappa shape index (κ1) is 23.7. The van der Waals surface area contributed by atoms with Crippen molar-refractivity contribution in [1.29, 1.82) is 0 Å². The van der Waals surface area contributed by atoms with Gasteiger partial charge in [0, 0.05) is 30.1 Å². The molecule has 1 fully saturated rings. The van der Waals surface area contributed by atoms with Gasteiger partial charge in [-0.25, -0.2) is 0 Å². The van der Waals surface area contributed by atoms with E-state index >= 15 is 0 Å². The van der Waals surface area contributed by atoms with Gasteiger partial charge < -0.3 is 5.32 Å². The van der Waals surface area contributed by atoms with Gasteiger partial charge in [-0.15, -0.1) is 0 Å². The molecular weight excluding hydrogens is 461 g/mol. The molecule has 0 saturated carbocycles. The molecule has 33 heavy (non-hydrogen) atoms. The van der Waals surface area contributed by atoms with Gasteiger partial charge in [-0.05, 0) is 84.9 Å². The minimum atomic E-state index is 0.540. The van der Waals surface area contributed by atoms with Crippen LogP contribution in [0.25, 0.3) is 11.1 Å². The largest absolute Gasteiger partial charge is 0.376 e. The van der Waals surface area contributed by atoms with E-state index in [-0.39, 0.29) is 0 Å². The van der Waals surface area contributed by atoms with Crippen LogP contribution in [0.5, 0.6) is 0 Å². The first-order chi connectivity index (χ1) is 16.2. The van der Waals surface area contributed by atoms with E-state index in [1.54, 1.807) is 11.1 Å². The zero-order valence-corrected chi connectivity index (χ0v) is 22.2. The van der Waals surface area contributed by atoms with E-state index < -0.39 is 0 Å². The van der Waals surface area contributed by atoms with Crippen LogP contribution in [0.2, 0.25) is 0 Å². The molecule has 1 N–H and O–H groups in total. The van der Waals surface area contributed by atoms with Crippen LogP contribution in [0.4, 0.5) is 0 Å². The summed E-state index contributed by atoms with van der Waals surface area (Å²) in [5.41, 5.74) is 9.00. The van der Waals surface area contributed by atoms with E-state index in [0.29, 0.717) is 6.04 Å². The average molecular weight is 497 g/mol. The minimum Gasteiger partial charge on any atom is -0.376 e. The Balaban J connectivity index is 1.26. The van der Waals surface area contributed by atoms with Gasteiger partial charge in [-0.2, -0.15) is 0 Å². The molecule has 1 aliphatic carbocycles. The van der Waals surface area contributed by atoms with E-state index in [0.717, 1.165) is 29.6 Å². The number of benzene rings is 2. The van der Waals surface area contributed by atoms with Crippen molar-refractivity contribution in [3.05, 3.63) is 58.7 Å². The third kappa shape index (κ3) is 5.32. The van der Waals surface area contributed by atoms with Gasteiger partial charge in [0.25, 0.3) is 0 Å². The lowest BCUT2D eigenvalue weighted by Gasteiger charge is -2.42. The Morgan fingerprint density at radius 2 is 2.03 bits per heavy atom. The molecule has 5 rings (SSSR count). The molecule has 2 aromatic carbocycles. The summed E-state index contributed by atoms with van der Waals surface area (Å²) < 4.78 is 0. The lowest BCUT2D eigenvalue weighted by Crippen LogP contribution is -2.39. The van der Waals surface area contributed by atoms with Gasteiger partial charge in [0.15, 0.2) is 0 Å². The highest BCUT2D eigenvalue weighted by Crippen LogP contribution is 2.46. The first-order valence-corrected chi connectivity index (χ1v) is 15.6. The average Bonchev–Trinajstić information content (AvgIpc) is 3.36. The van der Waals surface area contributed by atoms with Crippen molar-refractivity contribution in [2.75, 3.05) is 18.8 Å². The lowest BCUT2D eigenvalue weighted by atomic mass is 9.75. The number of nitrogens with one attached hydrogen (secondary N) is 1. The summed E-state index contributed by atoms with van der Waals surface area (Å²) in [6, 6.07) is 14.4. The van der Waals surface area contributed by atoms with E-state index in [2.05, 4.69) is 64.3 Å². The fraction of sp³-hybridized carbons (Fsp3) is 0.536. The van der Waals surface area contributed by atoms with Crippen molar-refractivity contribution in [1.82, 2.24) is 10.2 Å². The second-order valence-corrected chi connectivity index (χ2v) is 13.0. The number of unbranched alkanes of at least 4 members (excludes halogenated alkanes) is 1. The monoisotopic (exact) mass is 496 g/mol. The van der Waals surface area contributed by atoms with Gasteiger partial charge in [0.1, 0.15) is 0 Å². The highest BCUT2D eigenvalue weighted by Gasteiger charge is 2.34. The van der Waals surface area contributed by atoms with Gasteiger partial charge in [-0.1, -0.05) is 83.5 Å². The molecule has 0 amide bonds. The van der Waals surface area contributed by atoms with Crippen molar-refractivity contribution < 1.29 is 0 Å². The summed E-state index contributed by atoms with van der Waals surface area (Å²) in [6.45, 7) is 5.53. The Morgan fingerprint density at radius 1 is 1.15 bits per heavy atom. The van der Waals surface area contributed by atoms with Gasteiger partial charge >= 0.3 is 0 Å². The van der Waals surface area contributed by atoms with E-state index in [1.807, 2.05) is 10.8 Å². The highest BCUT2D eigenvalue weighted by atomic mass is 33.1. The topological polar surface area (TPSA) is 15.3 Å². The summed E-state index contributed by atoms with van der Waals surface area (Å²) in [6.07, 6.45) is 9.80. The molecule has 2 aliphatic heterocycles. The maximum absolute atomic E-state index is 5.72. The Kier molecular flexibility index (Phi) is 8.02. The standard InChI is InChI=1S/C28H36N2S3/c1-2-15-30-16-13-20-7-6-11-24-27-21(18-25(30)28(20)24)8-5-9-22(27)19-29-26(31)12-4-3-10-23-14-17-32-33-23/h5-9,11,23,25H,2-4,10,12-19H2,1H3,(H,29,31). The Labute approximate surface area is 213 Å². The molecule has 1 saturated heterocycles. The van der Waals surface area contributed by atoms with Crippen LogP contribution in [0.15, 0.2) is 36.4 Å². The Morgan fingerprint density at radius 3 is 2.88 bits per heavy atom. The number of nitrogens with zero attached hydrogens (tertiary/aromatic N) is 1. The van der Waals surface area contributed by atoms with E-state index in [1.165, 1.54) is 79.6 Å². The summed E-state index contributed by atoms with van der Waals surface area (Å²) in [4.78, 5) is 3.75. The van der Waals surface area contributed by atoms with Crippen molar-refractivity contribution in [3.8, 4) is 11.1 Å². The SMILES string of the molecule is CCCN1CCc2cccc3c2C1Cc1cccc(CNC(=S)CCCCC2CCSS2)c1-3. The molecule has 2 unspecified atom stereocenters. The summed E-state index contributed by atoms with van der Waals surface area (Å²) in [7, 11) is 4.13. The number of thiocarbonyl (C=S) groups is 1.